The maximum absolute atomic E-state index is 9.39. The van der Waals surface area contributed by atoms with Gasteiger partial charge < -0.3 is 45.8 Å². The first kappa shape index (κ1) is 37.7. The summed E-state index contributed by atoms with van der Waals surface area (Å²) >= 11 is 0. The van der Waals surface area contributed by atoms with Crippen molar-refractivity contribution < 1.29 is 29.0 Å². The van der Waals surface area contributed by atoms with Gasteiger partial charge in [-0.05, 0) is 14.1 Å². The van der Waals surface area contributed by atoms with Crippen LogP contribution in [0.1, 0.15) is 0 Å². The number of rotatable bonds is 18. The van der Waals surface area contributed by atoms with E-state index in [9.17, 15) is 5.11 Å². The van der Waals surface area contributed by atoms with E-state index >= 15 is 0 Å². The molecule has 8 N–H and O–H groups in total. The second-order valence-corrected chi connectivity index (χ2v) is 11.5. The lowest BCUT2D eigenvalue weighted by atomic mass is 10.3. The van der Waals surface area contributed by atoms with E-state index in [1.807, 2.05) is 19.0 Å². The first-order valence-electron chi connectivity index (χ1n) is 13.0. The number of aliphatic hydroxyl groups is 3. The number of quaternary nitrogens is 2. The van der Waals surface area contributed by atoms with E-state index in [2.05, 4.69) is 62.1 Å². The summed E-state index contributed by atoms with van der Waals surface area (Å²) in [5, 5.41) is 29.4. The highest BCUT2D eigenvalue weighted by molar-refractivity contribution is 4.65. The lowest BCUT2D eigenvalue weighted by Gasteiger charge is -2.31. The Morgan fingerprint density at radius 1 is 0.917 bits per heavy atom. The van der Waals surface area contributed by atoms with Crippen LogP contribution in [0.5, 0.6) is 0 Å². The van der Waals surface area contributed by atoms with Crippen molar-refractivity contribution in [2.24, 2.45) is 11.5 Å². The molecule has 1 aliphatic heterocycles. The number of nitrogens with zero attached hydrogens (tertiary/aromatic N) is 5. The molecule has 1 aliphatic rings. The molecule has 0 aromatic heterocycles. The minimum absolute atomic E-state index is 0.190. The van der Waals surface area contributed by atoms with Crippen molar-refractivity contribution in [2.75, 3.05) is 148 Å². The zero-order chi connectivity index (χ0) is 28.2. The first-order chi connectivity index (χ1) is 16.7. The van der Waals surface area contributed by atoms with E-state index in [0.717, 1.165) is 74.7 Å². The molecule has 220 valence electrons. The second kappa shape index (κ2) is 21.5. The van der Waals surface area contributed by atoms with Gasteiger partial charge in [0, 0.05) is 52.5 Å². The van der Waals surface area contributed by atoms with Crippen molar-refractivity contribution in [1.29, 1.82) is 0 Å². The molecular formula is C24H62N8O4+2. The zero-order valence-electron chi connectivity index (χ0n) is 24.7. The third-order valence-corrected chi connectivity index (χ3v) is 5.23. The molecular weight excluding hydrogens is 464 g/mol. The third kappa shape index (κ3) is 28.1. The minimum Gasteiger partial charge on any atom is -0.394 e. The molecule has 0 bridgehead atoms. The molecule has 0 amide bonds. The lowest BCUT2D eigenvalue weighted by molar-refractivity contribution is -0.869. The standard InChI is InChI=1S/C12H31N4O2.C9H25N4.C3H6O2/c1-14(9-12(18)10-17)11-15(6-5-13)7-8-16(2,3)4;1-11-9-12(6-5-10)7-8-13(2,3)4;4-1-3-2-5-3/h12,17-18H,5-11,13H2,1-4H3;11H,5-10H2,1-4H3;3-4H,1-2H2/q2*+1;. The fraction of sp³-hybridized carbons (Fsp3) is 1.00. The SMILES string of the molecule is CN(CC(O)CO)CN(CCN)CC[N+](C)(C)C.CNCN(CCN)CC[N+](C)(C)C.OCC1CO1. The minimum atomic E-state index is -0.673. The Bertz CT molecular complexity index is 482. The second-order valence-electron chi connectivity index (χ2n) is 11.5. The summed E-state index contributed by atoms with van der Waals surface area (Å²) in [7, 11) is 17.0. The van der Waals surface area contributed by atoms with Crippen LogP contribution in [0.15, 0.2) is 0 Å². The Kier molecular flexibility index (Phi) is 22.4. The van der Waals surface area contributed by atoms with Gasteiger partial charge >= 0.3 is 0 Å². The summed E-state index contributed by atoms with van der Waals surface area (Å²) in [5.74, 6) is 0. The molecule has 1 rings (SSSR count). The van der Waals surface area contributed by atoms with Gasteiger partial charge in [-0.15, -0.1) is 0 Å². The Morgan fingerprint density at radius 3 is 1.72 bits per heavy atom. The fourth-order valence-electron chi connectivity index (χ4n) is 2.98. The van der Waals surface area contributed by atoms with Gasteiger partial charge in [-0.25, -0.2) is 0 Å². The van der Waals surface area contributed by atoms with E-state index < -0.39 is 6.10 Å². The number of hydrogen-bond donors (Lipinski definition) is 6. The van der Waals surface area contributed by atoms with E-state index in [1.165, 1.54) is 0 Å². The van der Waals surface area contributed by atoms with E-state index in [1.54, 1.807) is 0 Å². The highest BCUT2D eigenvalue weighted by Gasteiger charge is 2.19. The smallest absolute Gasteiger partial charge is 0.104 e. The molecule has 0 aromatic rings. The molecule has 1 fully saturated rings. The number of epoxide rings is 1. The number of nitrogens with two attached hydrogens (primary N) is 2. The van der Waals surface area contributed by atoms with Crippen LogP contribution in [0.4, 0.5) is 0 Å². The van der Waals surface area contributed by atoms with Gasteiger partial charge in [-0.2, -0.15) is 0 Å². The van der Waals surface area contributed by atoms with Crippen LogP contribution in [0.2, 0.25) is 0 Å². The van der Waals surface area contributed by atoms with Gasteiger partial charge in [0.2, 0.25) is 0 Å². The van der Waals surface area contributed by atoms with Crippen molar-refractivity contribution in [2.45, 2.75) is 12.2 Å². The fourth-order valence-corrected chi connectivity index (χ4v) is 2.98. The number of ether oxygens (including phenoxy) is 1. The molecule has 36 heavy (non-hydrogen) atoms. The Hall–Kier alpha value is -0.480. The van der Waals surface area contributed by atoms with Crippen LogP contribution in [-0.4, -0.2) is 200 Å². The average Bonchev–Trinajstić information content (AvgIpc) is 3.61. The van der Waals surface area contributed by atoms with Gasteiger partial charge in [0.05, 0.1) is 88.0 Å². The molecule has 12 heteroatoms. The molecule has 0 aliphatic carbocycles. The summed E-state index contributed by atoms with van der Waals surface area (Å²) in [5.41, 5.74) is 11.1. The van der Waals surface area contributed by atoms with Gasteiger partial charge in [-0.3, -0.25) is 14.7 Å². The molecule has 0 aromatic carbocycles. The van der Waals surface area contributed by atoms with Crippen LogP contribution >= 0.6 is 0 Å². The van der Waals surface area contributed by atoms with Crippen LogP contribution in [0.3, 0.4) is 0 Å². The molecule has 2 atom stereocenters. The summed E-state index contributed by atoms with van der Waals surface area (Å²) in [6.07, 6.45) is -0.483. The Balaban J connectivity index is 0. The Morgan fingerprint density at radius 2 is 1.39 bits per heavy atom. The number of aliphatic hydroxyl groups excluding tert-OH is 3. The van der Waals surface area contributed by atoms with E-state index in [4.69, 9.17) is 21.7 Å². The molecule has 2 unspecified atom stereocenters. The predicted octanol–water partition coefficient (Wildman–Crippen LogP) is -3.30. The number of likely N-dealkylation sites (N-methyl/N-ethyl adjacent to an activating group) is 3. The number of nitrogens with one attached hydrogen (secondary N) is 1. The average molecular weight is 527 g/mol. The van der Waals surface area contributed by atoms with Crippen molar-refractivity contribution in [3.8, 4) is 0 Å². The monoisotopic (exact) mass is 526 g/mol. The number of hydrogen-bond acceptors (Lipinski definition) is 10. The van der Waals surface area contributed by atoms with Crippen LogP contribution in [-0.2, 0) is 4.74 Å². The maximum Gasteiger partial charge on any atom is 0.104 e. The largest absolute Gasteiger partial charge is 0.394 e. The molecule has 0 spiro atoms. The molecule has 1 saturated heterocycles. The quantitative estimate of drug-likeness (QED) is 0.0610. The van der Waals surface area contributed by atoms with Crippen molar-refractivity contribution >= 4 is 0 Å². The van der Waals surface area contributed by atoms with E-state index in [-0.39, 0.29) is 19.3 Å². The summed E-state index contributed by atoms with van der Waals surface area (Å²) < 4.78 is 6.53. The topological polar surface area (TPSA) is 147 Å². The summed E-state index contributed by atoms with van der Waals surface area (Å²) in [6.45, 7) is 10.4. The summed E-state index contributed by atoms with van der Waals surface area (Å²) in [4.78, 5) is 6.61. The van der Waals surface area contributed by atoms with Crippen molar-refractivity contribution in [1.82, 2.24) is 20.0 Å². The van der Waals surface area contributed by atoms with Crippen LogP contribution < -0.4 is 16.8 Å². The van der Waals surface area contributed by atoms with Gasteiger partial charge in [-0.1, -0.05) is 0 Å². The molecule has 0 saturated carbocycles. The highest BCUT2D eigenvalue weighted by atomic mass is 16.6. The summed E-state index contributed by atoms with van der Waals surface area (Å²) in [6, 6.07) is 0. The first-order valence-corrected chi connectivity index (χ1v) is 13.0. The van der Waals surface area contributed by atoms with E-state index in [0.29, 0.717) is 13.1 Å². The predicted molar refractivity (Wildman–Crippen MR) is 148 cm³/mol. The zero-order valence-corrected chi connectivity index (χ0v) is 24.7. The lowest BCUT2D eigenvalue weighted by Crippen LogP contribution is -2.47. The highest BCUT2D eigenvalue weighted by Crippen LogP contribution is 2.05. The van der Waals surface area contributed by atoms with Gasteiger partial charge in [0.15, 0.2) is 0 Å². The normalized spacial score (nSPS) is 16.5. The molecule has 0 radical (unpaired) electrons. The van der Waals surface area contributed by atoms with Crippen molar-refractivity contribution in [3.05, 3.63) is 0 Å². The van der Waals surface area contributed by atoms with Crippen molar-refractivity contribution in [3.63, 3.8) is 0 Å². The maximum atomic E-state index is 9.39. The van der Waals surface area contributed by atoms with Crippen LogP contribution in [0, 0.1) is 0 Å². The Labute approximate surface area is 221 Å². The molecule has 1 heterocycles. The van der Waals surface area contributed by atoms with Gasteiger partial charge in [0.1, 0.15) is 6.10 Å². The third-order valence-electron chi connectivity index (χ3n) is 5.23. The molecule has 12 nitrogen and oxygen atoms in total. The van der Waals surface area contributed by atoms with Gasteiger partial charge in [0.25, 0.3) is 0 Å². The van der Waals surface area contributed by atoms with Crippen LogP contribution in [0.25, 0.3) is 0 Å².